The van der Waals surface area contributed by atoms with Crippen molar-refractivity contribution in [3.8, 4) is 0 Å². The maximum Gasteiger partial charge on any atom is 0.253 e. The van der Waals surface area contributed by atoms with Crippen molar-refractivity contribution >= 4 is 23.3 Å². The summed E-state index contributed by atoms with van der Waals surface area (Å²) in [4.78, 5) is 21.4. The second kappa shape index (κ2) is 6.73. The quantitative estimate of drug-likeness (QED) is 0.524. The van der Waals surface area contributed by atoms with Crippen LogP contribution in [0.1, 0.15) is 41.2 Å². The Kier molecular flexibility index (Phi) is 4.66. The van der Waals surface area contributed by atoms with Gasteiger partial charge in [-0.15, -0.1) is 5.10 Å². The third kappa shape index (κ3) is 3.33. The van der Waals surface area contributed by atoms with E-state index in [0.29, 0.717) is 10.9 Å². The molecule has 0 spiro atoms. The van der Waals surface area contributed by atoms with E-state index in [1.165, 1.54) is 17.3 Å². The average molecular weight is 340 g/mol. The molecule has 24 heavy (non-hydrogen) atoms. The Morgan fingerprint density at radius 3 is 2.58 bits per heavy atom. The molecule has 1 unspecified atom stereocenters. The lowest BCUT2D eigenvalue weighted by Crippen LogP contribution is -2.13. The third-order valence-corrected chi connectivity index (χ3v) is 4.85. The van der Waals surface area contributed by atoms with Crippen LogP contribution >= 0.6 is 11.8 Å². The number of hydrogen-bond donors (Lipinski definition) is 0. The van der Waals surface area contributed by atoms with E-state index in [2.05, 4.69) is 22.0 Å². The fraction of sp³-hybridized carbons (Fsp3) is 0.333. The number of ketones is 1. The third-order valence-electron chi connectivity index (χ3n) is 3.90. The number of fused-ring (bicyclic) bond motifs is 1. The van der Waals surface area contributed by atoms with E-state index in [1.54, 1.807) is 4.52 Å². The maximum atomic E-state index is 12.6. The van der Waals surface area contributed by atoms with Crippen LogP contribution in [-0.4, -0.2) is 30.6 Å². The molecule has 124 valence electrons. The van der Waals surface area contributed by atoms with Gasteiger partial charge in [-0.05, 0) is 38.8 Å². The maximum absolute atomic E-state index is 12.6. The number of nitrogens with zero attached hydrogens (tertiary/aromatic N) is 4. The highest BCUT2D eigenvalue weighted by Gasteiger charge is 2.19. The van der Waals surface area contributed by atoms with Crippen LogP contribution in [0.5, 0.6) is 0 Å². The summed E-state index contributed by atoms with van der Waals surface area (Å²) in [5.74, 6) is 0.657. The fourth-order valence-corrected chi connectivity index (χ4v) is 3.37. The van der Waals surface area contributed by atoms with Gasteiger partial charge in [0, 0.05) is 17.0 Å². The number of hydrogen-bond acceptors (Lipinski definition) is 5. The second-order valence-corrected chi connectivity index (χ2v) is 7.13. The van der Waals surface area contributed by atoms with Crippen LogP contribution in [0.3, 0.4) is 0 Å². The van der Waals surface area contributed by atoms with E-state index in [-0.39, 0.29) is 11.0 Å². The van der Waals surface area contributed by atoms with Gasteiger partial charge >= 0.3 is 0 Å². The summed E-state index contributed by atoms with van der Waals surface area (Å²) in [6, 6.07) is 9.75. The van der Waals surface area contributed by atoms with Gasteiger partial charge in [-0.3, -0.25) is 4.79 Å². The van der Waals surface area contributed by atoms with E-state index >= 15 is 0 Å². The molecule has 1 aromatic carbocycles. The summed E-state index contributed by atoms with van der Waals surface area (Å²) in [6.07, 6.45) is 0.968. The largest absolute Gasteiger partial charge is 0.293 e. The van der Waals surface area contributed by atoms with Crippen LogP contribution in [0.4, 0.5) is 0 Å². The van der Waals surface area contributed by atoms with Crippen LogP contribution in [0.25, 0.3) is 5.78 Å². The normalized spacial score (nSPS) is 12.5. The first-order chi connectivity index (χ1) is 11.5. The van der Waals surface area contributed by atoms with Gasteiger partial charge in [0.25, 0.3) is 5.78 Å². The van der Waals surface area contributed by atoms with Crippen LogP contribution in [0.2, 0.25) is 0 Å². The molecule has 0 radical (unpaired) electrons. The smallest absolute Gasteiger partial charge is 0.253 e. The molecule has 2 aromatic heterocycles. The first-order valence-corrected chi connectivity index (χ1v) is 8.86. The van der Waals surface area contributed by atoms with Crippen molar-refractivity contribution < 1.29 is 4.79 Å². The minimum absolute atomic E-state index is 0.0855. The molecule has 0 saturated heterocycles. The number of aromatic nitrogens is 4. The monoisotopic (exact) mass is 340 g/mol. The number of rotatable bonds is 5. The van der Waals surface area contributed by atoms with Gasteiger partial charge in [0.2, 0.25) is 5.16 Å². The lowest BCUT2D eigenvalue weighted by atomic mass is 10.1. The van der Waals surface area contributed by atoms with Gasteiger partial charge in [-0.2, -0.15) is 4.98 Å². The van der Waals surface area contributed by atoms with Gasteiger partial charge in [-0.25, -0.2) is 9.50 Å². The molecule has 0 saturated carbocycles. The van der Waals surface area contributed by atoms with Gasteiger partial charge in [0.05, 0.1) is 5.25 Å². The molecule has 3 rings (SSSR count). The number of carbonyl (C=O) groups is 1. The summed E-state index contributed by atoms with van der Waals surface area (Å²) >= 11 is 1.36. The molecule has 3 aromatic rings. The van der Waals surface area contributed by atoms with Gasteiger partial charge in [-0.1, -0.05) is 43.0 Å². The zero-order chi connectivity index (χ0) is 17.3. The summed E-state index contributed by atoms with van der Waals surface area (Å²) in [7, 11) is 0. The predicted octanol–water partition coefficient (Wildman–Crippen LogP) is 3.67. The first-order valence-electron chi connectivity index (χ1n) is 7.98. The molecule has 5 nitrogen and oxygen atoms in total. The Morgan fingerprint density at radius 1 is 1.21 bits per heavy atom. The first kappa shape index (κ1) is 16.6. The van der Waals surface area contributed by atoms with E-state index in [4.69, 9.17) is 0 Å². The van der Waals surface area contributed by atoms with Crippen molar-refractivity contribution in [3.05, 3.63) is 52.8 Å². The van der Waals surface area contributed by atoms with Crippen molar-refractivity contribution in [2.75, 3.05) is 0 Å². The Bertz CT molecular complexity index is 886. The molecule has 6 heteroatoms. The van der Waals surface area contributed by atoms with Crippen molar-refractivity contribution in [2.45, 2.75) is 44.5 Å². The Labute approximate surface area is 145 Å². The second-order valence-electron chi connectivity index (χ2n) is 5.82. The molecular formula is C18H20N4OS. The highest BCUT2D eigenvalue weighted by molar-refractivity contribution is 8.00. The van der Waals surface area contributed by atoms with Crippen molar-refractivity contribution in [2.24, 2.45) is 0 Å². The number of carbonyl (C=O) groups excluding carboxylic acids is 1. The minimum Gasteiger partial charge on any atom is -0.293 e. The van der Waals surface area contributed by atoms with E-state index < -0.39 is 0 Å². The molecular weight excluding hydrogens is 320 g/mol. The molecule has 0 aliphatic rings. The zero-order valence-corrected chi connectivity index (χ0v) is 15.1. The predicted molar refractivity (Wildman–Crippen MR) is 95.7 cm³/mol. The molecule has 0 bridgehead atoms. The van der Waals surface area contributed by atoms with E-state index in [0.717, 1.165) is 23.4 Å². The summed E-state index contributed by atoms with van der Waals surface area (Å²) in [6.45, 7) is 7.88. The van der Waals surface area contributed by atoms with E-state index in [1.807, 2.05) is 51.1 Å². The minimum atomic E-state index is -0.253. The van der Waals surface area contributed by atoms with Crippen LogP contribution < -0.4 is 0 Å². The summed E-state index contributed by atoms with van der Waals surface area (Å²) < 4.78 is 1.71. The standard InChI is InChI=1S/C18H20N4OS/c1-5-14-6-8-15(9-7-14)16(23)13(4)24-18-20-17-19-11(2)10-12(3)22(17)21-18/h6-10,13H,5H2,1-4H3. The fourth-order valence-electron chi connectivity index (χ4n) is 2.55. The number of aryl methyl sites for hydroxylation is 3. The molecule has 1 atom stereocenters. The Balaban J connectivity index is 1.79. The number of thioether (sulfide) groups is 1. The highest BCUT2D eigenvalue weighted by atomic mass is 32.2. The molecule has 0 fully saturated rings. The van der Waals surface area contributed by atoms with Gasteiger partial charge in [0.15, 0.2) is 5.78 Å². The molecule has 0 aliphatic carbocycles. The van der Waals surface area contributed by atoms with Crippen molar-refractivity contribution in [3.63, 3.8) is 0 Å². The highest BCUT2D eigenvalue weighted by Crippen LogP contribution is 2.23. The lowest BCUT2D eigenvalue weighted by Gasteiger charge is -2.08. The lowest BCUT2D eigenvalue weighted by molar-refractivity contribution is 0.0994. The van der Waals surface area contributed by atoms with E-state index in [9.17, 15) is 4.79 Å². The van der Waals surface area contributed by atoms with Crippen LogP contribution in [-0.2, 0) is 6.42 Å². The molecule has 0 N–H and O–H groups in total. The van der Waals surface area contributed by atoms with Crippen molar-refractivity contribution in [1.82, 2.24) is 19.6 Å². The SMILES string of the molecule is CCc1ccc(C(=O)C(C)Sc2nc3nc(C)cc(C)n3n2)cc1. The molecule has 2 heterocycles. The Hall–Kier alpha value is -2.21. The number of benzene rings is 1. The van der Waals surface area contributed by atoms with Crippen molar-refractivity contribution in [1.29, 1.82) is 0 Å². The average Bonchev–Trinajstić information content (AvgIpc) is 2.96. The summed E-state index contributed by atoms with van der Waals surface area (Å²) in [5.41, 5.74) is 3.84. The molecule has 0 amide bonds. The number of Topliss-reactive ketones (excluding diaryl/α,β-unsaturated/α-hetero) is 1. The van der Waals surface area contributed by atoms with Crippen LogP contribution in [0, 0.1) is 13.8 Å². The zero-order valence-electron chi connectivity index (χ0n) is 14.3. The Morgan fingerprint density at radius 2 is 1.92 bits per heavy atom. The summed E-state index contributed by atoms with van der Waals surface area (Å²) in [5, 5.41) is 4.77. The topological polar surface area (TPSA) is 60.2 Å². The van der Waals surface area contributed by atoms with Gasteiger partial charge < -0.3 is 0 Å². The van der Waals surface area contributed by atoms with Gasteiger partial charge in [0.1, 0.15) is 0 Å². The molecule has 0 aliphatic heterocycles. The van der Waals surface area contributed by atoms with Crippen LogP contribution in [0.15, 0.2) is 35.5 Å².